The molecule has 3 aliphatic carbocycles. The highest BCUT2D eigenvalue weighted by Gasteiger charge is 2.24. The van der Waals surface area contributed by atoms with Crippen molar-refractivity contribution in [2.45, 2.75) is 148 Å². The average molecular weight is 1520 g/mol. The van der Waals surface area contributed by atoms with Crippen LogP contribution in [0.2, 0.25) is 0 Å². The molecule has 15 nitrogen and oxygen atoms in total. The van der Waals surface area contributed by atoms with Crippen LogP contribution in [-0.4, -0.2) is 97.9 Å². The molecule has 3 saturated carbocycles. The maximum Gasteiger partial charge on any atom is 0.306 e. The highest BCUT2D eigenvalue weighted by molar-refractivity contribution is 5.69. The quantitative estimate of drug-likeness (QED) is 0.0160. The van der Waals surface area contributed by atoms with E-state index in [2.05, 4.69) is 72.8 Å². The van der Waals surface area contributed by atoms with Gasteiger partial charge in [-0.2, -0.15) is 0 Å². The Morgan fingerprint density at radius 1 is 0.321 bits per heavy atom. The van der Waals surface area contributed by atoms with E-state index in [0.717, 1.165) is 161 Å². The van der Waals surface area contributed by atoms with Crippen molar-refractivity contribution in [3.8, 4) is 34.5 Å². The third kappa shape index (κ3) is 39.6. The Balaban J connectivity index is 0.000000157. The molecule has 15 heteroatoms. The molecule has 1 aliphatic heterocycles. The van der Waals surface area contributed by atoms with Crippen molar-refractivity contribution >= 4 is 11.9 Å². The van der Waals surface area contributed by atoms with Gasteiger partial charge in [0.2, 0.25) is 0 Å². The van der Waals surface area contributed by atoms with Crippen LogP contribution in [0.4, 0.5) is 0 Å². The van der Waals surface area contributed by atoms with Gasteiger partial charge < -0.3 is 63.1 Å². The highest BCUT2D eigenvalue weighted by Crippen LogP contribution is 2.31. The third-order valence-electron chi connectivity index (χ3n) is 18.7. The Bertz CT molecular complexity index is 4080. The molecule has 0 amide bonds. The standard InChI is InChI=1S/C23H22O3.C20H24O2.C16H22O3.C16H18O2.C13H18O2.C9H10O3/c24-23(26-18-21-9-5-2-6-10-21)16-13-19-11-14-22(15-12-19)25-17-20-7-3-1-4-8-20;1-2-5-18(6-3-1)16-22-20-12-10-17(11-13-20)7-4-14-21-15-19-8-9-19;1(9-17-10-14-3-4-14)2-13-5-7-15(8-6-13)18-11-16-12-19-16;17-12-4-7-14-8-10-16(11-9-14)18-13-15-5-2-1-3-6-15;14-13-7-5-11(6-8-13)2-1-9-15-10-12-3-4-12;10-8-4-1-7(2-5-8)3-6-9(11)12/h1-12,14-15H,13,16-18H2;1-3,5-6,10-13,19H,4,7-9,14-16H2;5-8,14,16H,1-4,9-12H2;1-3,5-6,8-11,17H,4,7,12-13H2;5-8,12,14H,1-4,9-10H2;1-2,4-5,10H,3,6H2,(H,11,12). The minimum absolute atomic E-state index is 0.130. The number of hydrogen-bond donors (Lipinski definition) is 4. The van der Waals surface area contributed by atoms with Crippen LogP contribution in [0.15, 0.2) is 267 Å². The molecule has 14 rings (SSSR count). The summed E-state index contributed by atoms with van der Waals surface area (Å²) in [5.41, 5.74) is 11.7. The normalized spacial score (nSPS) is 13.5. The van der Waals surface area contributed by atoms with Crippen molar-refractivity contribution < 1.29 is 72.6 Å². The SMILES string of the molecule is O=C(CCc1ccc(OCc2ccccc2)cc1)OCc1ccccc1.O=C(O)CCc1ccc(O)cc1.OCCCc1ccc(OCc2ccccc2)cc1.Oc1ccc(CCCOCC2CC2)cc1.c1cc(OCC2CO2)ccc1CCCOCC1CC1.c1ccc(COc2ccc(CCCOCC3CC3)cc2)cc1. The number of hydrogen-bond acceptors (Lipinski definition) is 14. The first-order valence-electron chi connectivity index (χ1n) is 39.9. The number of ether oxygens (including phenoxy) is 9. The second kappa shape index (κ2) is 51.3. The first-order valence-corrected chi connectivity index (χ1v) is 39.9. The number of aliphatic hydroxyl groups excluding tert-OH is 1. The Labute approximate surface area is 663 Å². The molecule has 0 aromatic heterocycles. The number of aliphatic carboxylic acids is 1. The summed E-state index contributed by atoms with van der Waals surface area (Å²) in [6, 6.07) is 86.8. The largest absolute Gasteiger partial charge is 0.508 e. The summed E-state index contributed by atoms with van der Waals surface area (Å²) in [6.45, 7) is 9.36. The summed E-state index contributed by atoms with van der Waals surface area (Å²) < 4.78 is 50.1. The molecule has 4 N–H and O–H groups in total. The summed E-state index contributed by atoms with van der Waals surface area (Å²) in [5, 5.41) is 35.2. The highest BCUT2D eigenvalue weighted by atomic mass is 16.6. The lowest BCUT2D eigenvalue weighted by molar-refractivity contribution is -0.145. The monoisotopic (exact) mass is 1520 g/mol. The molecule has 10 aromatic rings. The van der Waals surface area contributed by atoms with Crippen LogP contribution in [0.25, 0.3) is 0 Å². The van der Waals surface area contributed by atoms with Crippen molar-refractivity contribution in [1.82, 2.24) is 0 Å². The predicted octanol–water partition coefficient (Wildman–Crippen LogP) is 19.7. The number of epoxide rings is 1. The zero-order valence-corrected chi connectivity index (χ0v) is 64.9. The second-order valence-corrected chi connectivity index (χ2v) is 28.7. The number of carboxylic acids is 1. The van der Waals surface area contributed by atoms with E-state index >= 15 is 0 Å². The number of aliphatic hydroxyl groups is 1. The van der Waals surface area contributed by atoms with E-state index in [1.807, 2.05) is 158 Å². The maximum atomic E-state index is 11.9. The summed E-state index contributed by atoms with van der Waals surface area (Å²) in [4.78, 5) is 22.1. The van der Waals surface area contributed by atoms with Crippen LogP contribution in [0.1, 0.15) is 133 Å². The van der Waals surface area contributed by atoms with Crippen LogP contribution in [-0.2, 0) is 98.2 Å². The van der Waals surface area contributed by atoms with Crippen molar-refractivity contribution in [2.24, 2.45) is 17.8 Å². The lowest BCUT2D eigenvalue weighted by Gasteiger charge is -2.08. The summed E-state index contributed by atoms with van der Waals surface area (Å²) in [7, 11) is 0. The minimum atomic E-state index is -0.803. The summed E-state index contributed by atoms with van der Waals surface area (Å²) >= 11 is 0. The fourth-order valence-corrected chi connectivity index (χ4v) is 11.2. The maximum absolute atomic E-state index is 11.9. The number of rotatable bonds is 41. The molecule has 4 fully saturated rings. The fourth-order valence-electron chi connectivity index (χ4n) is 11.2. The Hall–Kier alpha value is -10.3. The Kier molecular flexibility index (Phi) is 39.3. The van der Waals surface area contributed by atoms with Gasteiger partial charge in [-0.3, -0.25) is 9.59 Å². The van der Waals surface area contributed by atoms with E-state index in [0.29, 0.717) is 64.2 Å². The summed E-state index contributed by atoms with van der Waals surface area (Å²) in [6.07, 6.45) is 18.3. The van der Waals surface area contributed by atoms with Crippen molar-refractivity contribution in [3.05, 3.63) is 323 Å². The van der Waals surface area contributed by atoms with E-state index in [9.17, 15) is 9.59 Å². The van der Waals surface area contributed by atoms with E-state index in [-0.39, 0.29) is 24.7 Å². The van der Waals surface area contributed by atoms with E-state index in [1.54, 1.807) is 36.4 Å². The zero-order valence-electron chi connectivity index (χ0n) is 64.9. The number of carbonyl (C=O) groups is 2. The molecular formula is C97H114O15. The van der Waals surface area contributed by atoms with Crippen LogP contribution in [0.5, 0.6) is 34.5 Å². The number of phenolic OH excluding ortho intramolecular Hbond substituents is 2. The summed E-state index contributed by atoms with van der Waals surface area (Å²) in [5.74, 6) is 5.71. The molecule has 10 aromatic carbocycles. The molecule has 0 bridgehead atoms. The number of aryl methyl sites for hydroxylation is 6. The van der Waals surface area contributed by atoms with Crippen LogP contribution in [0.3, 0.4) is 0 Å². The lowest BCUT2D eigenvalue weighted by atomic mass is 10.1. The molecular weight excluding hydrogens is 1410 g/mol. The molecule has 0 radical (unpaired) electrons. The van der Waals surface area contributed by atoms with Gasteiger partial charge in [0.05, 0.1) is 6.61 Å². The minimum Gasteiger partial charge on any atom is -0.508 e. The molecule has 592 valence electrons. The first-order chi connectivity index (χ1) is 55.0. The van der Waals surface area contributed by atoms with Crippen molar-refractivity contribution in [1.29, 1.82) is 0 Å². The van der Waals surface area contributed by atoms with Gasteiger partial charge in [-0.25, -0.2) is 0 Å². The number of benzene rings is 10. The molecule has 1 atom stereocenters. The van der Waals surface area contributed by atoms with Crippen LogP contribution < -0.4 is 18.9 Å². The van der Waals surface area contributed by atoms with Crippen LogP contribution >= 0.6 is 0 Å². The molecule has 0 spiro atoms. The van der Waals surface area contributed by atoms with Gasteiger partial charge in [-0.1, -0.05) is 194 Å². The smallest absolute Gasteiger partial charge is 0.306 e. The van der Waals surface area contributed by atoms with Gasteiger partial charge in [-0.05, 0) is 249 Å². The Morgan fingerprint density at radius 3 is 0.911 bits per heavy atom. The fraction of sp³-hybridized carbons (Fsp3) is 0.361. The third-order valence-corrected chi connectivity index (χ3v) is 18.7. The van der Waals surface area contributed by atoms with Crippen molar-refractivity contribution in [3.63, 3.8) is 0 Å². The van der Waals surface area contributed by atoms with E-state index in [1.165, 1.54) is 71.9 Å². The number of esters is 1. The van der Waals surface area contributed by atoms with Gasteiger partial charge in [-0.15, -0.1) is 0 Å². The topological polar surface area (TPSA) is 201 Å². The van der Waals surface area contributed by atoms with Gasteiger partial charge in [0, 0.05) is 59.1 Å². The Morgan fingerprint density at radius 2 is 0.607 bits per heavy atom. The van der Waals surface area contributed by atoms with Crippen molar-refractivity contribution in [2.75, 3.05) is 59.5 Å². The van der Waals surface area contributed by atoms with Gasteiger partial charge in [0.25, 0.3) is 0 Å². The lowest BCUT2D eigenvalue weighted by Crippen LogP contribution is -2.05. The number of aromatic hydroxyl groups is 2. The molecule has 4 aliphatic rings. The predicted molar refractivity (Wildman–Crippen MR) is 441 cm³/mol. The van der Waals surface area contributed by atoms with Gasteiger partial charge in [0.15, 0.2) is 0 Å². The average Bonchev–Trinajstić information content (AvgIpc) is 1.56. The van der Waals surface area contributed by atoms with E-state index < -0.39 is 5.97 Å². The molecule has 1 heterocycles. The number of carboxylic acid groups (broad SMARTS) is 1. The number of phenols is 2. The van der Waals surface area contributed by atoms with E-state index in [4.69, 9.17) is 63.1 Å². The number of carbonyl (C=O) groups excluding carboxylic acids is 1. The first kappa shape index (κ1) is 85.7. The molecule has 1 unspecified atom stereocenters. The molecule has 112 heavy (non-hydrogen) atoms. The van der Waals surface area contributed by atoms with Gasteiger partial charge in [0.1, 0.15) is 73.6 Å². The molecule has 1 saturated heterocycles. The second-order valence-electron chi connectivity index (χ2n) is 28.7. The van der Waals surface area contributed by atoms with Crippen LogP contribution in [0, 0.1) is 17.8 Å². The zero-order chi connectivity index (χ0) is 78.1. The van der Waals surface area contributed by atoms with Gasteiger partial charge >= 0.3 is 11.9 Å².